The van der Waals surface area contributed by atoms with Crippen molar-refractivity contribution in [3.05, 3.63) is 0 Å². The molecule has 1 atom stereocenters. The van der Waals surface area contributed by atoms with Crippen LogP contribution in [0.4, 0.5) is 0 Å². The van der Waals surface area contributed by atoms with Crippen molar-refractivity contribution in [1.29, 1.82) is 0 Å². The van der Waals surface area contributed by atoms with Gasteiger partial charge in [-0.1, -0.05) is 20.8 Å². The van der Waals surface area contributed by atoms with Gasteiger partial charge >= 0.3 is 5.97 Å². The Labute approximate surface area is 91.2 Å². The minimum absolute atomic E-state index is 0.0679. The number of rotatable bonds is 5. The normalized spacial score (nSPS) is 13.4. The lowest BCUT2D eigenvalue weighted by molar-refractivity contribution is -0.145. The van der Waals surface area contributed by atoms with Crippen LogP contribution in [-0.2, 0) is 14.3 Å². The van der Waals surface area contributed by atoms with Gasteiger partial charge in [0.25, 0.3) is 0 Å². The van der Waals surface area contributed by atoms with E-state index in [0.29, 0.717) is 13.0 Å². The lowest BCUT2D eigenvalue weighted by atomic mass is 9.80. The van der Waals surface area contributed by atoms with Crippen molar-refractivity contribution in [3.8, 4) is 0 Å². The zero-order chi connectivity index (χ0) is 12.1. The highest BCUT2D eigenvalue weighted by Crippen LogP contribution is 2.24. The Hall–Kier alpha value is -0.900. The summed E-state index contributed by atoms with van der Waals surface area (Å²) in [5.74, 6) is -0.605. The van der Waals surface area contributed by atoms with Crippen LogP contribution in [0.5, 0.6) is 0 Å². The summed E-state index contributed by atoms with van der Waals surface area (Å²) in [5, 5.41) is 0. The van der Waals surface area contributed by atoms with Crippen LogP contribution in [0, 0.1) is 11.3 Å². The van der Waals surface area contributed by atoms with Gasteiger partial charge in [0.15, 0.2) is 0 Å². The van der Waals surface area contributed by atoms with Gasteiger partial charge in [-0.3, -0.25) is 9.59 Å². The van der Waals surface area contributed by atoms with Gasteiger partial charge in [0.05, 0.1) is 13.5 Å². The van der Waals surface area contributed by atoms with Crippen LogP contribution in [0.25, 0.3) is 0 Å². The summed E-state index contributed by atoms with van der Waals surface area (Å²) >= 11 is 0. The minimum atomic E-state index is -0.437. The third-order valence-electron chi connectivity index (χ3n) is 2.27. The predicted octanol–water partition coefficient (Wildman–Crippen LogP) is 1.13. The maximum atomic E-state index is 11.9. The second kappa shape index (κ2) is 5.85. The molecule has 0 saturated carbocycles. The van der Waals surface area contributed by atoms with Crippen molar-refractivity contribution in [2.45, 2.75) is 33.6 Å². The first-order chi connectivity index (χ1) is 6.82. The third kappa shape index (κ3) is 4.93. The summed E-state index contributed by atoms with van der Waals surface area (Å²) in [4.78, 5) is 23.1. The van der Waals surface area contributed by atoms with Crippen molar-refractivity contribution in [1.82, 2.24) is 0 Å². The van der Waals surface area contributed by atoms with Crippen molar-refractivity contribution in [3.63, 3.8) is 0 Å². The molecule has 0 aliphatic rings. The van der Waals surface area contributed by atoms with E-state index in [1.165, 1.54) is 7.11 Å². The van der Waals surface area contributed by atoms with Gasteiger partial charge in [-0.2, -0.15) is 0 Å². The Balaban J connectivity index is 4.52. The number of ketones is 1. The maximum absolute atomic E-state index is 11.9. The van der Waals surface area contributed by atoms with Gasteiger partial charge in [-0.25, -0.2) is 0 Å². The predicted molar refractivity (Wildman–Crippen MR) is 58.3 cm³/mol. The molecule has 15 heavy (non-hydrogen) atoms. The molecule has 0 bridgehead atoms. The lowest BCUT2D eigenvalue weighted by Gasteiger charge is -2.23. The van der Waals surface area contributed by atoms with Gasteiger partial charge in [0.1, 0.15) is 5.78 Å². The number of esters is 1. The highest BCUT2D eigenvalue weighted by atomic mass is 16.5. The molecule has 0 spiro atoms. The van der Waals surface area contributed by atoms with Crippen molar-refractivity contribution >= 4 is 11.8 Å². The largest absolute Gasteiger partial charge is 0.469 e. The molecule has 0 aliphatic carbocycles. The highest BCUT2D eigenvalue weighted by Gasteiger charge is 2.30. The van der Waals surface area contributed by atoms with Gasteiger partial charge in [-0.05, 0) is 13.0 Å². The number of hydrogen-bond acceptors (Lipinski definition) is 4. The van der Waals surface area contributed by atoms with E-state index in [1.807, 2.05) is 20.8 Å². The molecule has 0 amide bonds. The van der Waals surface area contributed by atoms with Crippen LogP contribution in [0.3, 0.4) is 0 Å². The lowest BCUT2D eigenvalue weighted by Crippen LogP contribution is -2.31. The van der Waals surface area contributed by atoms with E-state index < -0.39 is 5.41 Å². The average Bonchev–Trinajstić information content (AvgIpc) is 2.14. The van der Waals surface area contributed by atoms with Gasteiger partial charge in [0, 0.05) is 11.3 Å². The second-order valence-electron chi connectivity index (χ2n) is 4.67. The molecule has 4 heteroatoms. The molecular weight excluding hydrogens is 194 g/mol. The smallest absolute Gasteiger partial charge is 0.306 e. The van der Waals surface area contributed by atoms with Crippen LogP contribution >= 0.6 is 0 Å². The van der Waals surface area contributed by atoms with Gasteiger partial charge in [0.2, 0.25) is 0 Å². The SMILES string of the molecule is COC(=O)C[C@@H](CCN)C(=O)C(C)(C)C. The number of nitrogens with two attached hydrogens (primary N) is 1. The van der Waals surface area contributed by atoms with Gasteiger partial charge in [-0.15, -0.1) is 0 Å². The minimum Gasteiger partial charge on any atom is -0.469 e. The zero-order valence-corrected chi connectivity index (χ0v) is 10.0. The summed E-state index contributed by atoms with van der Waals surface area (Å²) in [6.07, 6.45) is 0.662. The van der Waals surface area contributed by atoms with E-state index in [1.54, 1.807) is 0 Å². The molecule has 0 aromatic heterocycles. The van der Waals surface area contributed by atoms with E-state index in [4.69, 9.17) is 5.73 Å². The molecule has 0 rings (SSSR count). The Morgan fingerprint density at radius 1 is 1.33 bits per heavy atom. The third-order valence-corrected chi connectivity index (χ3v) is 2.27. The van der Waals surface area contributed by atoms with Crippen LogP contribution in [0.1, 0.15) is 33.6 Å². The molecule has 0 aromatic carbocycles. The Morgan fingerprint density at radius 2 is 1.87 bits per heavy atom. The molecular formula is C11H21NO3. The average molecular weight is 215 g/mol. The van der Waals surface area contributed by atoms with E-state index >= 15 is 0 Å². The number of hydrogen-bond donors (Lipinski definition) is 1. The second-order valence-corrected chi connectivity index (χ2v) is 4.67. The monoisotopic (exact) mass is 215 g/mol. The number of methoxy groups -OCH3 is 1. The molecule has 0 aliphatic heterocycles. The number of ether oxygens (including phenoxy) is 1. The summed E-state index contributed by atoms with van der Waals surface area (Å²) in [6.45, 7) is 5.94. The number of Topliss-reactive ketones (excluding diaryl/α,β-unsaturated/α-hetero) is 1. The topological polar surface area (TPSA) is 69.4 Å². The van der Waals surface area contributed by atoms with Crippen LogP contribution < -0.4 is 5.73 Å². The molecule has 88 valence electrons. The quantitative estimate of drug-likeness (QED) is 0.698. The summed E-state index contributed by atoms with van der Waals surface area (Å²) in [5.41, 5.74) is 4.99. The molecule has 0 aromatic rings. The molecule has 0 fully saturated rings. The number of carbonyl (C=O) groups is 2. The Bertz CT molecular complexity index is 230. The van der Waals surface area contributed by atoms with Crippen molar-refractivity contribution < 1.29 is 14.3 Å². The molecule has 0 radical (unpaired) electrons. The van der Waals surface area contributed by atoms with E-state index in [-0.39, 0.29) is 24.1 Å². The summed E-state index contributed by atoms with van der Waals surface area (Å²) < 4.78 is 4.56. The van der Waals surface area contributed by atoms with Crippen molar-refractivity contribution in [2.24, 2.45) is 17.1 Å². The van der Waals surface area contributed by atoms with Gasteiger partial charge < -0.3 is 10.5 Å². The Kier molecular flexibility index (Phi) is 5.50. The fourth-order valence-electron chi connectivity index (χ4n) is 1.42. The zero-order valence-electron chi connectivity index (χ0n) is 10.0. The molecule has 0 heterocycles. The first-order valence-corrected chi connectivity index (χ1v) is 5.14. The van der Waals surface area contributed by atoms with Crippen LogP contribution in [0.2, 0.25) is 0 Å². The van der Waals surface area contributed by atoms with Crippen LogP contribution in [0.15, 0.2) is 0 Å². The number of carbonyl (C=O) groups excluding carboxylic acids is 2. The fourth-order valence-corrected chi connectivity index (χ4v) is 1.42. The molecule has 0 unspecified atom stereocenters. The fraction of sp³-hybridized carbons (Fsp3) is 0.818. The molecule has 4 nitrogen and oxygen atoms in total. The summed E-state index contributed by atoms with van der Waals surface area (Å²) in [7, 11) is 1.32. The first-order valence-electron chi connectivity index (χ1n) is 5.14. The maximum Gasteiger partial charge on any atom is 0.306 e. The standard InChI is InChI=1S/C11H21NO3/c1-11(2,3)10(14)8(5-6-12)7-9(13)15-4/h8H,5-7,12H2,1-4H3/t8-/m1/s1. The highest BCUT2D eigenvalue weighted by molar-refractivity contribution is 5.89. The van der Waals surface area contributed by atoms with E-state index in [9.17, 15) is 9.59 Å². The van der Waals surface area contributed by atoms with E-state index in [0.717, 1.165) is 0 Å². The Morgan fingerprint density at radius 3 is 2.20 bits per heavy atom. The van der Waals surface area contributed by atoms with Crippen molar-refractivity contribution in [2.75, 3.05) is 13.7 Å². The summed E-state index contributed by atoms with van der Waals surface area (Å²) in [6, 6.07) is 0. The first kappa shape index (κ1) is 14.1. The molecule has 2 N–H and O–H groups in total. The van der Waals surface area contributed by atoms with Crippen LogP contribution in [-0.4, -0.2) is 25.4 Å². The van der Waals surface area contributed by atoms with E-state index in [2.05, 4.69) is 4.74 Å². The molecule has 0 saturated heterocycles.